The summed E-state index contributed by atoms with van der Waals surface area (Å²) in [6, 6.07) is 17.0. The van der Waals surface area contributed by atoms with Crippen LogP contribution < -0.4 is 0 Å². The van der Waals surface area contributed by atoms with E-state index in [0.717, 1.165) is 28.5 Å². The molecule has 1 aromatic heterocycles. The summed E-state index contributed by atoms with van der Waals surface area (Å²) in [6.45, 7) is 9.50. The van der Waals surface area contributed by atoms with E-state index < -0.39 is 6.09 Å². The Morgan fingerprint density at radius 1 is 0.917 bits per heavy atom. The third kappa shape index (κ3) is 5.96. The van der Waals surface area contributed by atoms with Crippen molar-refractivity contribution in [1.82, 2.24) is 4.57 Å². The molecule has 1 aliphatic rings. The molecular formula is C29H35N3O4. The second kappa shape index (κ2) is 11.9. The van der Waals surface area contributed by atoms with Gasteiger partial charge in [-0.15, -0.1) is 0 Å². The van der Waals surface area contributed by atoms with Crippen LogP contribution in [0.15, 0.2) is 70.8 Å². The molecule has 7 nitrogen and oxygen atoms in total. The summed E-state index contributed by atoms with van der Waals surface area (Å²) in [5, 5.41) is 0.975. The Hall–Kier alpha value is -3.61. The van der Waals surface area contributed by atoms with Gasteiger partial charge in [-0.25, -0.2) is 14.8 Å². The second-order valence-corrected chi connectivity index (χ2v) is 9.25. The number of aromatic nitrogens is 1. The first-order valence-electron chi connectivity index (χ1n) is 12.7. The van der Waals surface area contributed by atoms with E-state index >= 15 is 0 Å². The lowest BCUT2D eigenvalue weighted by atomic mass is 10.0. The van der Waals surface area contributed by atoms with Crippen molar-refractivity contribution in [2.75, 3.05) is 13.2 Å². The Bertz CT molecular complexity index is 1230. The van der Waals surface area contributed by atoms with Gasteiger partial charge in [-0.1, -0.05) is 62.4 Å². The average molecular weight is 490 g/mol. The number of nitrogens with zero attached hydrogens (tertiary/aromatic N) is 3. The fraction of sp³-hybridized carbons (Fsp3) is 0.414. The molecule has 2 heterocycles. The van der Waals surface area contributed by atoms with Gasteiger partial charge >= 0.3 is 6.09 Å². The van der Waals surface area contributed by atoms with Gasteiger partial charge in [0.1, 0.15) is 18.7 Å². The van der Waals surface area contributed by atoms with E-state index in [9.17, 15) is 4.79 Å². The molecule has 0 unspecified atom stereocenters. The van der Waals surface area contributed by atoms with Crippen LogP contribution in [0, 0.1) is 5.92 Å². The summed E-state index contributed by atoms with van der Waals surface area (Å²) >= 11 is 0. The highest BCUT2D eigenvalue weighted by molar-refractivity contribution is 5.96. The van der Waals surface area contributed by atoms with Crippen molar-refractivity contribution in [3.05, 3.63) is 71.9 Å². The number of para-hydroxylation sites is 1. The Balaban J connectivity index is 1.62. The van der Waals surface area contributed by atoms with E-state index in [1.165, 1.54) is 0 Å². The highest BCUT2D eigenvalue weighted by Crippen LogP contribution is 2.26. The number of hydrogen-bond acceptors (Lipinski definition) is 6. The number of benzene rings is 2. The summed E-state index contributed by atoms with van der Waals surface area (Å²) in [7, 11) is 0. The predicted molar refractivity (Wildman–Crippen MR) is 143 cm³/mol. The van der Waals surface area contributed by atoms with Crippen LogP contribution in [0.3, 0.4) is 0 Å². The number of ether oxygens (including phenoxy) is 3. The normalized spacial score (nSPS) is 17.6. The minimum Gasteiger partial charge on any atom is -0.480 e. The van der Waals surface area contributed by atoms with Crippen molar-refractivity contribution in [2.45, 2.75) is 59.2 Å². The molecule has 0 spiro atoms. The van der Waals surface area contributed by atoms with Crippen molar-refractivity contribution >= 4 is 28.8 Å². The van der Waals surface area contributed by atoms with Gasteiger partial charge in [-0.3, -0.25) is 4.57 Å². The number of fused-ring (bicyclic) bond motifs is 1. The van der Waals surface area contributed by atoms with Crippen LogP contribution in [-0.4, -0.2) is 47.8 Å². The van der Waals surface area contributed by atoms with Crippen LogP contribution in [0.1, 0.15) is 45.2 Å². The zero-order valence-corrected chi connectivity index (χ0v) is 21.5. The van der Waals surface area contributed by atoms with Crippen LogP contribution >= 0.6 is 0 Å². The first kappa shape index (κ1) is 25.5. The molecule has 0 N–H and O–H groups in total. The van der Waals surface area contributed by atoms with E-state index in [-0.39, 0.29) is 18.7 Å². The maximum atomic E-state index is 13.0. The van der Waals surface area contributed by atoms with Gasteiger partial charge in [-0.2, -0.15) is 0 Å². The van der Waals surface area contributed by atoms with Crippen molar-refractivity contribution in [3.63, 3.8) is 0 Å². The number of hydrogen-bond donors (Lipinski definition) is 0. The molecule has 4 rings (SSSR count). The highest BCUT2D eigenvalue weighted by Gasteiger charge is 2.31. The van der Waals surface area contributed by atoms with Crippen LogP contribution in [0.2, 0.25) is 0 Å². The van der Waals surface area contributed by atoms with Gasteiger partial charge in [0.25, 0.3) is 0 Å². The molecule has 1 aliphatic heterocycles. The summed E-state index contributed by atoms with van der Waals surface area (Å²) in [5.41, 5.74) is 2.71. The summed E-state index contributed by atoms with van der Waals surface area (Å²) in [4.78, 5) is 22.9. The van der Waals surface area contributed by atoms with Gasteiger partial charge in [0, 0.05) is 18.0 Å². The third-order valence-corrected chi connectivity index (χ3v) is 6.02. The van der Waals surface area contributed by atoms with Crippen molar-refractivity contribution < 1.29 is 19.0 Å². The highest BCUT2D eigenvalue weighted by atomic mass is 16.5. The minimum absolute atomic E-state index is 0.142. The fourth-order valence-corrected chi connectivity index (χ4v) is 4.45. The zero-order valence-electron chi connectivity index (χ0n) is 21.5. The molecule has 0 aliphatic carbocycles. The Morgan fingerprint density at radius 3 is 2.25 bits per heavy atom. The lowest BCUT2D eigenvalue weighted by Gasteiger charge is -2.27. The van der Waals surface area contributed by atoms with Crippen LogP contribution in [-0.2, 0) is 27.2 Å². The first-order chi connectivity index (χ1) is 17.5. The van der Waals surface area contributed by atoms with Crippen LogP contribution in [0.25, 0.3) is 10.9 Å². The molecule has 0 fully saturated rings. The molecule has 0 radical (unpaired) electrons. The minimum atomic E-state index is -0.417. The third-order valence-electron chi connectivity index (χ3n) is 6.02. The van der Waals surface area contributed by atoms with Gasteiger partial charge in [0.05, 0.1) is 18.7 Å². The molecule has 190 valence electrons. The van der Waals surface area contributed by atoms with E-state index in [4.69, 9.17) is 24.2 Å². The number of carbonyl (C=O) groups is 1. The SMILES string of the molecule is CCOC1=N[C@@H](CC(C)C)C(OCC)=N[C@H]1Cc1cn(C(=O)OCc2ccccc2)c2ccccc12. The maximum Gasteiger partial charge on any atom is 0.418 e. The lowest BCUT2D eigenvalue weighted by Crippen LogP contribution is -2.37. The van der Waals surface area contributed by atoms with Gasteiger partial charge in [0.2, 0.25) is 11.8 Å². The molecular weight excluding hydrogens is 454 g/mol. The standard InChI is InChI=1S/C29H35N3O4/c1-5-34-27-24(16-20(3)4)30-28(35-6-2)25(31-27)17-22-18-32(26-15-11-10-14-23(22)26)29(33)36-19-21-12-8-7-9-13-21/h7-15,18,20,24-25H,5-6,16-17,19H2,1-4H3/t24-,25-/m0/s1. The Labute approximate surface area is 212 Å². The van der Waals surface area contributed by atoms with Crippen LogP contribution in [0.5, 0.6) is 0 Å². The largest absolute Gasteiger partial charge is 0.480 e. The number of carbonyl (C=O) groups excluding carboxylic acids is 1. The molecule has 7 heteroatoms. The number of rotatable bonds is 8. The second-order valence-electron chi connectivity index (χ2n) is 9.25. The predicted octanol–water partition coefficient (Wildman–Crippen LogP) is 6.04. The van der Waals surface area contributed by atoms with Crippen molar-refractivity contribution in [3.8, 4) is 0 Å². The van der Waals surface area contributed by atoms with Crippen LogP contribution in [0.4, 0.5) is 4.79 Å². The van der Waals surface area contributed by atoms with Crippen molar-refractivity contribution in [2.24, 2.45) is 15.9 Å². The summed E-state index contributed by atoms with van der Waals surface area (Å²) in [6.07, 6.45) is 2.80. The van der Waals surface area contributed by atoms with Gasteiger partial charge in [-0.05, 0) is 43.4 Å². The summed E-state index contributed by atoms with van der Waals surface area (Å²) < 4.78 is 19.0. The van der Waals surface area contributed by atoms with Crippen molar-refractivity contribution in [1.29, 1.82) is 0 Å². The van der Waals surface area contributed by atoms with Gasteiger partial charge in [0.15, 0.2) is 0 Å². The molecule has 2 atom stereocenters. The van der Waals surface area contributed by atoms with Gasteiger partial charge < -0.3 is 14.2 Å². The van der Waals surface area contributed by atoms with E-state index in [2.05, 4.69) is 13.8 Å². The maximum absolute atomic E-state index is 13.0. The Morgan fingerprint density at radius 2 is 1.56 bits per heavy atom. The molecule has 36 heavy (non-hydrogen) atoms. The molecule has 0 bridgehead atoms. The fourth-order valence-electron chi connectivity index (χ4n) is 4.45. The van der Waals surface area contributed by atoms with E-state index in [0.29, 0.717) is 37.3 Å². The molecule has 3 aromatic rings. The zero-order chi connectivity index (χ0) is 25.5. The number of aliphatic imine (C=N–C) groups is 2. The Kier molecular flexibility index (Phi) is 8.41. The lowest BCUT2D eigenvalue weighted by molar-refractivity contribution is 0.142. The molecule has 0 saturated heterocycles. The van der Waals surface area contributed by atoms with E-state index in [1.54, 1.807) is 4.57 Å². The summed E-state index contributed by atoms with van der Waals surface area (Å²) in [5.74, 6) is 1.73. The molecule has 0 amide bonds. The topological polar surface area (TPSA) is 74.4 Å². The first-order valence-corrected chi connectivity index (χ1v) is 12.7. The molecule has 2 aromatic carbocycles. The quantitative estimate of drug-likeness (QED) is 0.387. The van der Waals surface area contributed by atoms with E-state index in [1.807, 2.05) is 74.6 Å². The average Bonchev–Trinajstić information content (AvgIpc) is 3.24. The smallest absolute Gasteiger partial charge is 0.418 e. The molecule has 0 saturated carbocycles. The monoisotopic (exact) mass is 489 g/mol.